The Morgan fingerprint density at radius 3 is 3.00 bits per heavy atom. The quantitative estimate of drug-likeness (QED) is 0.778. The number of hydrogen-bond acceptors (Lipinski definition) is 4. The van der Waals surface area contributed by atoms with Crippen molar-refractivity contribution in [1.29, 1.82) is 0 Å². The van der Waals surface area contributed by atoms with Gasteiger partial charge in [-0.3, -0.25) is 0 Å². The summed E-state index contributed by atoms with van der Waals surface area (Å²) in [4.78, 5) is 2.21. The van der Waals surface area contributed by atoms with Gasteiger partial charge in [0.25, 0.3) is 0 Å². The van der Waals surface area contributed by atoms with E-state index in [0.29, 0.717) is 24.2 Å². The van der Waals surface area contributed by atoms with Crippen LogP contribution in [0.1, 0.15) is 38.5 Å². The van der Waals surface area contributed by atoms with Crippen molar-refractivity contribution in [1.82, 2.24) is 10.2 Å². The average Bonchev–Trinajstić information content (AvgIpc) is 2.67. The monoisotopic (exact) mass is 257 g/mol. The highest BCUT2D eigenvalue weighted by atomic mass is 35.5. The van der Waals surface area contributed by atoms with Crippen molar-refractivity contribution in [2.24, 2.45) is 5.92 Å². The van der Waals surface area contributed by atoms with Crippen molar-refractivity contribution in [3.05, 3.63) is 5.89 Å². The molecule has 2 heterocycles. The van der Waals surface area contributed by atoms with Gasteiger partial charge in [-0.1, -0.05) is 18.4 Å². The molecule has 1 saturated heterocycles. The molecular weight excluding hydrogens is 238 g/mol. The van der Waals surface area contributed by atoms with Crippen LogP contribution in [0.25, 0.3) is 0 Å². The second-order valence-corrected chi connectivity index (χ2v) is 4.99. The van der Waals surface area contributed by atoms with Crippen LogP contribution in [0.4, 0.5) is 6.01 Å². The average molecular weight is 258 g/mol. The van der Waals surface area contributed by atoms with E-state index in [1.807, 2.05) is 0 Å². The highest BCUT2D eigenvalue weighted by Crippen LogP contribution is 2.23. The van der Waals surface area contributed by atoms with Gasteiger partial charge in [0, 0.05) is 25.4 Å². The van der Waals surface area contributed by atoms with E-state index >= 15 is 0 Å². The standard InChI is InChI=1S/C12H20ClN3O/c1-2-10-4-3-8-16(9-6-10)12-15-14-11(17-12)5-7-13/h10H,2-9H2,1H3. The first kappa shape index (κ1) is 12.7. The topological polar surface area (TPSA) is 42.2 Å². The number of rotatable bonds is 4. The summed E-state index contributed by atoms with van der Waals surface area (Å²) in [5, 5.41) is 8.11. The van der Waals surface area contributed by atoms with Crippen LogP contribution in [0.2, 0.25) is 0 Å². The van der Waals surface area contributed by atoms with Gasteiger partial charge in [-0.05, 0) is 25.2 Å². The van der Waals surface area contributed by atoms with E-state index in [1.165, 1.54) is 25.7 Å². The molecule has 0 radical (unpaired) electrons. The Balaban J connectivity index is 1.96. The Kier molecular flexibility index (Phi) is 4.66. The van der Waals surface area contributed by atoms with E-state index in [1.54, 1.807) is 0 Å². The zero-order valence-electron chi connectivity index (χ0n) is 10.4. The third kappa shape index (κ3) is 3.35. The lowest BCUT2D eigenvalue weighted by Gasteiger charge is -2.17. The van der Waals surface area contributed by atoms with Crippen LogP contribution < -0.4 is 4.90 Å². The molecule has 4 nitrogen and oxygen atoms in total. The highest BCUT2D eigenvalue weighted by molar-refractivity contribution is 6.17. The van der Waals surface area contributed by atoms with Gasteiger partial charge >= 0.3 is 6.01 Å². The summed E-state index contributed by atoms with van der Waals surface area (Å²) in [6.07, 6.45) is 5.68. The molecule has 1 aromatic rings. The smallest absolute Gasteiger partial charge is 0.318 e. The molecule has 0 N–H and O–H groups in total. The molecule has 1 unspecified atom stereocenters. The zero-order chi connectivity index (χ0) is 12.1. The van der Waals surface area contributed by atoms with E-state index in [9.17, 15) is 0 Å². The maximum absolute atomic E-state index is 5.65. The number of aryl methyl sites for hydroxylation is 1. The third-order valence-corrected chi connectivity index (χ3v) is 3.65. The minimum absolute atomic E-state index is 0.527. The number of nitrogens with zero attached hydrogens (tertiary/aromatic N) is 3. The van der Waals surface area contributed by atoms with Gasteiger partial charge in [0.05, 0.1) is 0 Å². The van der Waals surface area contributed by atoms with E-state index in [0.717, 1.165) is 19.0 Å². The number of anilines is 1. The second kappa shape index (κ2) is 6.24. The first-order valence-electron chi connectivity index (χ1n) is 6.46. The van der Waals surface area contributed by atoms with Crippen molar-refractivity contribution < 1.29 is 4.42 Å². The number of alkyl halides is 1. The lowest BCUT2D eigenvalue weighted by Crippen LogP contribution is -2.24. The maximum Gasteiger partial charge on any atom is 0.318 e. The van der Waals surface area contributed by atoms with E-state index in [-0.39, 0.29) is 0 Å². The number of aromatic nitrogens is 2. The Bertz CT molecular complexity index is 342. The van der Waals surface area contributed by atoms with Crippen LogP contribution in [-0.2, 0) is 6.42 Å². The Morgan fingerprint density at radius 1 is 1.35 bits per heavy atom. The molecule has 96 valence electrons. The molecule has 0 saturated carbocycles. The van der Waals surface area contributed by atoms with E-state index in [4.69, 9.17) is 16.0 Å². The Labute approximate surface area is 107 Å². The molecular formula is C12H20ClN3O. The van der Waals surface area contributed by atoms with Crippen molar-refractivity contribution in [3.8, 4) is 0 Å². The van der Waals surface area contributed by atoms with Gasteiger partial charge < -0.3 is 9.32 Å². The summed E-state index contributed by atoms with van der Waals surface area (Å²) in [6.45, 7) is 4.33. The third-order valence-electron chi connectivity index (χ3n) is 3.46. The summed E-state index contributed by atoms with van der Waals surface area (Å²) in [7, 11) is 0. The number of hydrogen-bond donors (Lipinski definition) is 0. The molecule has 0 bridgehead atoms. The molecule has 1 fully saturated rings. The summed E-state index contributed by atoms with van der Waals surface area (Å²) < 4.78 is 5.61. The molecule has 1 aliphatic rings. The summed E-state index contributed by atoms with van der Waals surface area (Å²) in [5.74, 6) is 2.02. The Hall–Kier alpha value is -0.770. The zero-order valence-corrected chi connectivity index (χ0v) is 11.1. The lowest BCUT2D eigenvalue weighted by molar-refractivity contribution is 0.456. The van der Waals surface area contributed by atoms with Crippen molar-refractivity contribution >= 4 is 17.6 Å². The molecule has 0 aliphatic carbocycles. The second-order valence-electron chi connectivity index (χ2n) is 4.61. The van der Waals surface area contributed by atoms with Crippen LogP contribution in [0.15, 0.2) is 4.42 Å². The van der Waals surface area contributed by atoms with Crippen molar-refractivity contribution in [3.63, 3.8) is 0 Å². The van der Waals surface area contributed by atoms with Crippen LogP contribution in [-0.4, -0.2) is 29.2 Å². The molecule has 0 spiro atoms. The van der Waals surface area contributed by atoms with Crippen LogP contribution in [0.3, 0.4) is 0 Å². The highest BCUT2D eigenvalue weighted by Gasteiger charge is 2.19. The predicted octanol–water partition coefficient (Wildman–Crippen LogP) is 2.87. The minimum atomic E-state index is 0.527. The molecule has 5 heteroatoms. The molecule has 0 aromatic carbocycles. The first-order valence-corrected chi connectivity index (χ1v) is 7.00. The minimum Gasteiger partial charge on any atom is -0.408 e. The van der Waals surface area contributed by atoms with Crippen LogP contribution >= 0.6 is 11.6 Å². The van der Waals surface area contributed by atoms with E-state index in [2.05, 4.69) is 22.0 Å². The Morgan fingerprint density at radius 2 is 2.24 bits per heavy atom. The number of halogens is 1. The summed E-state index contributed by atoms with van der Waals surface area (Å²) in [5.41, 5.74) is 0. The predicted molar refractivity (Wildman–Crippen MR) is 68.6 cm³/mol. The fourth-order valence-electron chi connectivity index (χ4n) is 2.32. The van der Waals surface area contributed by atoms with Crippen molar-refractivity contribution in [2.75, 3.05) is 23.9 Å². The molecule has 0 amide bonds. The summed E-state index contributed by atoms with van der Waals surface area (Å²) in [6, 6.07) is 0.668. The van der Waals surface area contributed by atoms with E-state index < -0.39 is 0 Å². The molecule has 1 aromatic heterocycles. The van der Waals surface area contributed by atoms with Gasteiger partial charge in [-0.15, -0.1) is 16.7 Å². The first-order chi connectivity index (χ1) is 8.33. The van der Waals surface area contributed by atoms with Gasteiger partial charge in [0.15, 0.2) is 0 Å². The molecule has 17 heavy (non-hydrogen) atoms. The van der Waals surface area contributed by atoms with Crippen LogP contribution in [0.5, 0.6) is 0 Å². The fraction of sp³-hybridized carbons (Fsp3) is 0.833. The van der Waals surface area contributed by atoms with Gasteiger partial charge in [0.1, 0.15) is 0 Å². The van der Waals surface area contributed by atoms with Gasteiger partial charge in [-0.25, -0.2) is 0 Å². The van der Waals surface area contributed by atoms with Gasteiger partial charge in [-0.2, -0.15) is 0 Å². The van der Waals surface area contributed by atoms with Gasteiger partial charge in [0.2, 0.25) is 5.89 Å². The maximum atomic E-state index is 5.65. The SMILES string of the molecule is CCC1CCCN(c2nnc(CCCl)o2)CC1. The summed E-state index contributed by atoms with van der Waals surface area (Å²) >= 11 is 5.65. The lowest BCUT2D eigenvalue weighted by atomic mass is 9.98. The van der Waals surface area contributed by atoms with Crippen molar-refractivity contribution in [2.45, 2.75) is 39.0 Å². The normalized spacial score (nSPS) is 21.5. The molecule has 1 atom stereocenters. The molecule has 1 aliphatic heterocycles. The van der Waals surface area contributed by atoms with Crippen LogP contribution in [0, 0.1) is 5.92 Å². The molecule has 2 rings (SSSR count). The largest absolute Gasteiger partial charge is 0.408 e. The fourth-order valence-corrected chi connectivity index (χ4v) is 2.48.